The summed E-state index contributed by atoms with van der Waals surface area (Å²) < 4.78 is 27.9. The van der Waals surface area contributed by atoms with Gasteiger partial charge in [-0.15, -0.1) is 0 Å². The number of rotatable bonds is 2. The zero-order valence-electron chi connectivity index (χ0n) is 9.55. The number of hydrogen-bond donors (Lipinski definition) is 0. The first-order chi connectivity index (χ1) is 8.49. The Labute approximate surface area is 121 Å². The Kier molecular flexibility index (Phi) is 4.17. The third-order valence-corrected chi connectivity index (χ3v) is 4.22. The van der Waals surface area contributed by atoms with E-state index in [1.165, 1.54) is 6.07 Å². The van der Waals surface area contributed by atoms with Gasteiger partial charge in [-0.25, -0.2) is 8.78 Å². The van der Waals surface area contributed by atoms with E-state index in [-0.39, 0.29) is 4.83 Å². The molecule has 0 aromatic heterocycles. The molecule has 0 N–H and O–H groups in total. The second-order valence-corrected chi connectivity index (χ2v) is 5.86. The fourth-order valence-electron chi connectivity index (χ4n) is 1.80. The fraction of sp³-hybridized carbons (Fsp3) is 0.143. The summed E-state index contributed by atoms with van der Waals surface area (Å²) in [7, 11) is 0. The Morgan fingerprint density at radius 3 is 2.39 bits per heavy atom. The van der Waals surface area contributed by atoms with E-state index in [4.69, 9.17) is 0 Å². The lowest BCUT2D eigenvalue weighted by atomic mass is 10.00. The highest BCUT2D eigenvalue weighted by atomic mass is 79.9. The topological polar surface area (TPSA) is 0 Å². The van der Waals surface area contributed by atoms with Crippen LogP contribution in [0.2, 0.25) is 0 Å². The molecule has 0 radical (unpaired) electrons. The minimum atomic E-state index is -0.439. The van der Waals surface area contributed by atoms with E-state index >= 15 is 0 Å². The maximum Gasteiger partial charge on any atom is 0.128 e. The lowest BCUT2D eigenvalue weighted by Gasteiger charge is -2.14. The number of halogens is 4. The van der Waals surface area contributed by atoms with Crippen LogP contribution in [0.15, 0.2) is 40.9 Å². The van der Waals surface area contributed by atoms with Crippen molar-refractivity contribution in [3.8, 4) is 0 Å². The molecule has 0 amide bonds. The molecule has 0 heterocycles. The quantitative estimate of drug-likeness (QED) is 0.606. The Hall–Kier alpha value is -0.740. The predicted molar refractivity (Wildman–Crippen MR) is 76.0 cm³/mol. The van der Waals surface area contributed by atoms with E-state index in [9.17, 15) is 8.78 Å². The summed E-state index contributed by atoms with van der Waals surface area (Å²) in [5.74, 6) is -0.855. The first-order valence-corrected chi connectivity index (χ1v) is 7.05. The zero-order chi connectivity index (χ0) is 13.3. The zero-order valence-corrected chi connectivity index (χ0v) is 12.7. The molecule has 2 aromatic carbocycles. The summed E-state index contributed by atoms with van der Waals surface area (Å²) in [5.41, 5.74) is 2.23. The van der Waals surface area contributed by atoms with Crippen LogP contribution in [0.3, 0.4) is 0 Å². The van der Waals surface area contributed by atoms with Crippen molar-refractivity contribution in [2.75, 3.05) is 0 Å². The Bertz CT molecular complexity index is 582. The van der Waals surface area contributed by atoms with Gasteiger partial charge in [0.25, 0.3) is 0 Å². The largest absolute Gasteiger partial charge is 0.207 e. The van der Waals surface area contributed by atoms with Crippen molar-refractivity contribution in [1.82, 2.24) is 0 Å². The van der Waals surface area contributed by atoms with Gasteiger partial charge >= 0.3 is 0 Å². The molecular weight excluding hydrogens is 366 g/mol. The minimum Gasteiger partial charge on any atom is -0.207 e. The molecule has 0 saturated heterocycles. The number of aryl methyl sites for hydroxylation is 1. The van der Waals surface area contributed by atoms with Crippen LogP contribution in [0.1, 0.15) is 21.5 Å². The molecular formula is C14H10Br2F2. The maximum absolute atomic E-state index is 13.7. The van der Waals surface area contributed by atoms with Gasteiger partial charge in [0.05, 0.1) is 4.83 Å². The van der Waals surface area contributed by atoms with Crippen molar-refractivity contribution in [3.63, 3.8) is 0 Å². The lowest BCUT2D eigenvalue weighted by Crippen LogP contribution is -1.99. The summed E-state index contributed by atoms with van der Waals surface area (Å²) in [5, 5.41) is 0. The molecule has 94 valence electrons. The van der Waals surface area contributed by atoms with E-state index in [2.05, 4.69) is 31.9 Å². The first-order valence-electron chi connectivity index (χ1n) is 5.34. The predicted octanol–water partition coefficient (Wildman–Crippen LogP) is 5.52. The van der Waals surface area contributed by atoms with Gasteiger partial charge in [-0.3, -0.25) is 0 Å². The molecule has 1 atom stereocenters. The summed E-state index contributed by atoms with van der Waals surface area (Å²) in [6, 6.07) is 9.20. The van der Waals surface area contributed by atoms with Crippen LogP contribution in [0.4, 0.5) is 8.78 Å². The molecule has 0 aliphatic rings. The van der Waals surface area contributed by atoms with Gasteiger partial charge in [-0.1, -0.05) is 37.9 Å². The van der Waals surface area contributed by atoms with E-state index in [0.29, 0.717) is 5.56 Å². The van der Waals surface area contributed by atoms with Gasteiger partial charge < -0.3 is 0 Å². The van der Waals surface area contributed by atoms with Crippen molar-refractivity contribution >= 4 is 31.9 Å². The summed E-state index contributed by atoms with van der Waals surface area (Å²) >= 11 is 6.81. The van der Waals surface area contributed by atoms with Gasteiger partial charge in [0.15, 0.2) is 0 Å². The van der Waals surface area contributed by atoms with Crippen LogP contribution in [-0.4, -0.2) is 0 Å². The second kappa shape index (κ2) is 5.49. The Morgan fingerprint density at radius 1 is 1.00 bits per heavy atom. The molecule has 0 bridgehead atoms. The number of hydrogen-bond acceptors (Lipinski definition) is 0. The molecule has 2 aromatic rings. The van der Waals surface area contributed by atoms with E-state index < -0.39 is 11.6 Å². The third kappa shape index (κ3) is 2.81. The molecule has 4 heteroatoms. The highest BCUT2D eigenvalue weighted by Gasteiger charge is 2.17. The molecule has 0 aliphatic heterocycles. The van der Waals surface area contributed by atoms with E-state index in [0.717, 1.165) is 27.7 Å². The van der Waals surface area contributed by atoms with Crippen molar-refractivity contribution in [2.24, 2.45) is 0 Å². The van der Waals surface area contributed by atoms with Crippen molar-refractivity contribution < 1.29 is 8.78 Å². The highest BCUT2D eigenvalue weighted by Crippen LogP contribution is 2.35. The van der Waals surface area contributed by atoms with E-state index in [1.807, 2.05) is 25.1 Å². The maximum atomic E-state index is 13.7. The van der Waals surface area contributed by atoms with Crippen LogP contribution in [0.25, 0.3) is 0 Å². The molecule has 0 fully saturated rings. The lowest BCUT2D eigenvalue weighted by molar-refractivity contribution is 0.588. The third-order valence-electron chi connectivity index (χ3n) is 2.74. The van der Waals surface area contributed by atoms with Gasteiger partial charge in [0.2, 0.25) is 0 Å². The fourth-order valence-corrected chi connectivity index (χ4v) is 3.14. The molecule has 2 rings (SSSR count). The van der Waals surface area contributed by atoms with E-state index in [1.54, 1.807) is 0 Å². The molecule has 1 unspecified atom stereocenters. The van der Waals surface area contributed by atoms with Crippen LogP contribution in [-0.2, 0) is 0 Å². The molecule has 18 heavy (non-hydrogen) atoms. The molecule has 0 saturated carbocycles. The van der Waals surface area contributed by atoms with Gasteiger partial charge in [-0.05, 0) is 48.4 Å². The van der Waals surface area contributed by atoms with Crippen molar-refractivity contribution in [2.45, 2.75) is 11.8 Å². The summed E-state index contributed by atoms with van der Waals surface area (Å²) in [4.78, 5) is -0.360. The van der Waals surface area contributed by atoms with Crippen LogP contribution >= 0.6 is 31.9 Å². The summed E-state index contributed by atoms with van der Waals surface area (Å²) in [6.07, 6.45) is 0. The molecule has 0 aliphatic carbocycles. The smallest absolute Gasteiger partial charge is 0.128 e. The number of benzene rings is 2. The Morgan fingerprint density at radius 2 is 1.72 bits per heavy atom. The Balaban J connectivity index is 2.47. The number of alkyl halides is 1. The average Bonchev–Trinajstić information content (AvgIpc) is 2.31. The minimum absolute atomic E-state index is 0.306. The van der Waals surface area contributed by atoms with Crippen LogP contribution in [0, 0.1) is 18.6 Å². The second-order valence-electron chi connectivity index (χ2n) is 4.03. The standard InChI is InChI=1S/C14H10Br2F2/c1-8-6-9(15)2-4-11(8)14(16)12-7-10(17)3-5-13(12)18/h2-7,14H,1H3. The van der Waals surface area contributed by atoms with Gasteiger partial charge in [-0.2, -0.15) is 0 Å². The molecule has 0 spiro atoms. The normalized spacial score (nSPS) is 12.5. The van der Waals surface area contributed by atoms with Gasteiger partial charge in [0, 0.05) is 10.0 Å². The van der Waals surface area contributed by atoms with Crippen LogP contribution in [0.5, 0.6) is 0 Å². The SMILES string of the molecule is Cc1cc(Br)ccc1C(Br)c1cc(F)ccc1F. The monoisotopic (exact) mass is 374 g/mol. The first kappa shape index (κ1) is 13.7. The van der Waals surface area contributed by atoms with Crippen LogP contribution < -0.4 is 0 Å². The van der Waals surface area contributed by atoms with Gasteiger partial charge in [0.1, 0.15) is 11.6 Å². The highest BCUT2D eigenvalue weighted by molar-refractivity contribution is 9.10. The average molecular weight is 376 g/mol. The van der Waals surface area contributed by atoms with Crippen molar-refractivity contribution in [1.29, 1.82) is 0 Å². The van der Waals surface area contributed by atoms with Crippen molar-refractivity contribution in [3.05, 3.63) is 69.2 Å². The molecule has 0 nitrogen and oxygen atoms in total. The summed E-state index contributed by atoms with van der Waals surface area (Å²) in [6.45, 7) is 1.94.